The molecule has 0 saturated heterocycles. The van der Waals surface area contributed by atoms with E-state index in [-0.39, 0.29) is 0 Å². The van der Waals surface area contributed by atoms with Crippen molar-refractivity contribution in [3.05, 3.63) is 70.0 Å². The SMILES string of the molecule is ClCc1nnc2n1-c1ccc(Br)cc1C(c1ccccn1)=NC2. The molecule has 23 heavy (non-hydrogen) atoms. The van der Waals surface area contributed by atoms with Crippen LogP contribution in [-0.4, -0.2) is 25.5 Å². The molecular weight excluding hydrogens is 378 g/mol. The average Bonchev–Trinajstić information content (AvgIpc) is 2.92. The van der Waals surface area contributed by atoms with Gasteiger partial charge in [-0.3, -0.25) is 14.5 Å². The quantitative estimate of drug-likeness (QED) is 0.631. The topological polar surface area (TPSA) is 56.0 Å². The van der Waals surface area contributed by atoms with Crippen LogP contribution in [0.15, 0.2) is 52.1 Å². The van der Waals surface area contributed by atoms with Gasteiger partial charge in [-0.2, -0.15) is 0 Å². The van der Waals surface area contributed by atoms with Crippen molar-refractivity contribution in [1.29, 1.82) is 0 Å². The van der Waals surface area contributed by atoms with Crippen LogP contribution in [0, 0.1) is 0 Å². The van der Waals surface area contributed by atoms with Crippen molar-refractivity contribution in [2.24, 2.45) is 4.99 Å². The second-order valence-corrected chi connectivity index (χ2v) is 6.23. The van der Waals surface area contributed by atoms with Crippen LogP contribution in [0.4, 0.5) is 0 Å². The summed E-state index contributed by atoms with van der Waals surface area (Å²) in [6.07, 6.45) is 1.77. The van der Waals surface area contributed by atoms with Crippen molar-refractivity contribution in [2.45, 2.75) is 12.4 Å². The van der Waals surface area contributed by atoms with Gasteiger partial charge < -0.3 is 0 Å². The Kier molecular flexibility index (Phi) is 3.71. The molecule has 3 heterocycles. The van der Waals surface area contributed by atoms with E-state index in [2.05, 4.69) is 31.1 Å². The molecule has 0 atom stereocenters. The molecule has 5 nitrogen and oxygen atoms in total. The van der Waals surface area contributed by atoms with Crippen LogP contribution in [0.5, 0.6) is 0 Å². The summed E-state index contributed by atoms with van der Waals surface area (Å²) in [5.41, 5.74) is 3.61. The maximum absolute atomic E-state index is 6.03. The van der Waals surface area contributed by atoms with Crippen LogP contribution in [0.1, 0.15) is 22.9 Å². The van der Waals surface area contributed by atoms with Gasteiger partial charge in [-0.15, -0.1) is 21.8 Å². The summed E-state index contributed by atoms with van der Waals surface area (Å²) in [4.78, 5) is 9.18. The number of aromatic nitrogens is 4. The number of hydrogen-bond acceptors (Lipinski definition) is 4. The normalized spacial score (nSPS) is 13.0. The highest BCUT2D eigenvalue weighted by Gasteiger charge is 2.23. The standard InChI is InChI=1S/C16H11BrClN5/c17-10-4-5-13-11(7-10)16(12-3-1-2-6-19-12)20-9-15-22-21-14(8-18)23(13)15/h1-7H,8-9H2. The first kappa shape index (κ1) is 14.5. The third-order valence-electron chi connectivity index (χ3n) is 3.66. The molecule has 0 amide bonds. The molecule has 0 aliphatic carbocycles. The Morgan fingerprint density at radius 2 is 2.09 bits per heavy atom. The number of nitrogens with zero attached hydrogens (tertiary/aromatic N) is 5. The van der Waals surface area contributed by atoms with Gasteiger partial charge in [0.15, 0.2) is 11.6 Å². The summed E-state index contributed by atoms with van der Waals surface area (Å²) < 4.78 is 2.96. The molecular formula is C16H11BrClN5. The van der Waals surface area contributed by atoms with E-state index in [1.54, 1.807) is 6.20 Å². The van der Waals surface area contributed by atoms with Crippen LogP contribution < -0.4 is 0 Å². The summed E-state index contributed by atoms with van der Waals surface area (Å²) >= 11 is 9.57. The molecule has 0 unspecified atom stereocenters. The smallest absolute Gasteiger partial charge is 0.159 e. The summed E-state index contributed by atoms with van der Waals surface area (Å²) in [6, 6.07) is 11.9. The lowest BCUT2D eigenvalue weighted by Gasteiger charge is -2.12. The van der Waals surface area contributed by atoms with E-state index in [1.807, 2.05) is 41.0 Å². The number of halogens is 2. The molecule has 0 saturated carbocycles. The maximum Gasteiger partial charge on any atom is 0.159 e. The Morgan fingerprint density at radius 1 is 1.17 bits per heavy atom. The Balaban J connectivity index is 2.00. The number of alkyl halides is 1. The molecule has 3 aromatic rings. The summed E-state index contributed by atoms with van der Waals surface area (Å²) in [7, 11) is 0. The number of aliphatic imine (C=N–C) groups is 1. The minimum Gasteiger partial charge on any atom is -0.280 e. The molecule has 0 radical (unpaired) electrons. The zero-order chi connectivity index (χ0) is 15.8. The number of fused-ring (bicyclic) bond motifs is 3. The van der Waals surface area contributed by atoms with E-state index in [4.69, 9.17) is 16.6 Å². The summed E-state index contributed by atoms with van der Waals surface area (Å²) in [6.45, 7) is 0.433. The molecule has 4 rings (SSSR count). The van der Waals surface area contributed by atoms with Crippen LogP contribution in [0.2, 0.25) is 0 Å². The lowest BCUT2D eigenvalue weighted by Crippen LogP contribution is -2.10. The number of hydrogen-bond donors (Lipinski definition) is 0. The average molecular weight is 389 g/mol. The third kappa shape index (κ3) is 2.48. The first-order chi connectivity index (χ1) is 11.3. The van der Waals surface area contributed by atoms with Gasteiger partial charge in [0.25, 0.3) is 0 Å². The minimum absolute atomic E-state index is 0.293. The molecule has 1 aliphatic rings. The zero-order valence-corrected chi connectivity index (χ0v) is 14.3. The molecule has 2 aromatic heterocycles. The molecule has 1 aromatic carbocycles. The van der Waals surface area contributed by atoms with Gasteiger partial charge in [0.05, 0.1) is 23.0 Å². The molecule has 1 aliphatic heterocycles. The van der Waals surface area contributed by atoms with Crippen molar-refractivity contribution in [1.82, 2.24) is 19.7 Å². The van der Waals surface area contributed by atoms with Gasteiger partial charge >= 0.3 is 0 Å². The van der Waals surface area contributed by atoms with E-state index >= 15 is 0 Å². The highest BCUT2D eigenvalue weighted by molar-refractivity contribution is 9.10. The largest absolute Gasteiger partial charge is 0.280 e. The lowest BCUT2D eigenvalue weighted by atomic mass is 10.0. The molecule has 0 spiro atoms. The lowest BCUT2D eigenvalue weighted by molar-refractivity contribution is 0.858. The van der Waals surface area contributed by atoms with E-state index in [1.165, 1.54) is 0 Å². The van der Waals surface area contributed by atoms with Crippen LogP contribution in [-0.2, 0) is 12.4 Å². The second-order valence-electron chi connectivity index (χ2n) is 5.04. The first-order valence-corrected chi connectivity index (χ1v) is 8.36. The Hall–Kier alpha value is -2.05. The molecule has 0 N–H and O–H groups in total. The predicted molar refractivity (Wildman–Crippen MR) is 92.2 cm³/mol. The fraction of sp³-hybridized carbons (Fsp3) is 0.125. The van der Waals surface area contributed by atoms with Crippen LogP contribution in [0.25, 0.3) is 5.69 Å². The van der Waals surface area contributed by atoms with Gasteiger partial charge in [0, 0.05) is 16.2 Å². The summed E-state index contributed by atoms with van der Waals surface area (Å²) in [5.74, 6) is 1.78. The number of benzene rings is 1. The van der Waals surface area contributed by atoms with Crippen molar-refractivity contribution in [3.8, 4) is 5.69 Å². The Labute approximate surface area is 146 Å². The molecule has 0 fully saturated rings. The Bertz CT molecular complexity index is 904. The number of rotatable bonds is 2. The van der Waals surface area contributed by atoms with E-state index in [9.17, 15) is 0 Å². The van der Waals surface area contributed by atoms with Crippen LogP contribution in [0.3, 0.4) is 0 Å². The van der Waals surface area contributed by atoms with Gasteiger partial charge in [-0.05, 0) is 30.3 Å². The third-order valence-corrected chi connectivity index (χ3v) is 4.39. The molecule has 114 valence electrons. The van der Waals surface area contributed by atoms with Gasteiger partial charge in [-0.25, -0.2) is 0 Å². The monoisotopic (exact) mass is 387 g/mol. The second kappa shape index (κ2) is 5.86. The van der Waals surface area contributed by atoms with Gasteiger partial charge in [0.2, 0.25) is 0 Å². The van der Waals surface area contributed by atoms with Crippen molar-refractivity contribution in [2.75, 3.05) is 0 Å². The minimum atomic E-state index is 0.293. The Morgan fingerprint density at radius 3 is 2.87 bits per heavy atom. The summed E-state index contributed by atoms with van der Waals surface area (Å²) in [5, 5.41) is 8.39. The van der Waals surface area contributed by atoms with Crippen molar-refractivity contribution in [3.63, 3.8) is 0 Å². The highest BCUT2D eigenvalue weighted by Crippen LogP contribution is 2.28. The van der Waals surface area contributed by atoms with Crippen molar-refractivity contribution >= 4 is 33.2 Å². The van der Waals surface area contributed by atoms with Gasteiger partial charge in [0.1, 0.15) is 6.54 Å². The highest BCUT2D eigenvalue weighted by atomic mass is 79.9. The predicted octanol–water partition coefficient (Wildman–Crippen LogP) is 3.51. The van der Waals surface area contributed by atoms with E-state index in [0.29, 0.717) is 18.2 Å². The fourth-order valence-corrected chi connectivity index (χ4v) is 3.20. The van der Waals surface area contributed by atoms with Gasteiger partial charge in [-0.1, -0.05) is 22.0 Å². The fourth-order valence-electron chi connectivity index (χ4n) is 2.67. The van der Waals surface area contributed by atoms with E-state index in [0.717, 1.165) is 33.0 Å². The zero-order valence-electron chi connectivity index (χ0n) is 11.9. The van der Waals surface area contributed by atoms with Crippen molar-refractivity contribution < 1.29 is 0 Å². The van der Waals surface area contributed by atoms with Crippen LogP contribution >= 0.6 is 27.5 Å². The molecule has 7 heteroatoms. The first-order valence-electron chi connectivity index (χ1n) is 7.03. The molecule has 0 bridgehead atoms. The number of pyridine rings is 1. The maximum atomic E-state index is 6.03. The van der Waals surface area contributed by atoms with E-state index < -0.39 is 0 Å².